The number of guanidine groups is 1. The van der Waals surface area contributed by atoms with Crippen molar-refractivity contribution in [2.45, 2.75) is 19.0 Å². The lowest BCUT2D eigenvalue weighted by molar-refractivity contribution is -0.143. The number of rotatable bonds is 6. The second kappa shape index (κ2) is 10.7. The van der Waals surface area contributed by atoms with E-state index in [4.69, 9.17) is 15.2 Å². The van der Waals surface area contributed by atoms with Crippen LogP contribution in [-0.2, 0) is 0 Å². The van der Waals surface area contributed by atoms with E-state index in [0.29, 0.717) is 49.9 Å². The standard InChI is InChI=1S/C16H23F3N4O2.HI/c1-23(11-16(17,18)19)7-2-6-21-15(20)22-12-4-5-13-14(10-12)25-9-3-8-24-13;/h4-5,10H,2-3,6-9,11H2,1H3,(H3,20,21,22);1H. The Morgan fingerprint density at radius 2 is 1.96 bits per heavy atom. The van der Waals surface area contributed by atoms with Gasteiger partial charge in [0.15, 0.2) is 17.5 Å². The molecule has 10 heteroatoms. The van der Waals surface area contributed by atoms with Crippen LogP contribution in [0.2, 0.25) is 0 Å². The van der Waals surface area contributed by atoms with Gasteiger partial charge < -0.3 is 20.5 Å². The first-order valence-corrected chi connectivity index (χ1v) is 8.05. The summed E-state index contributed by atoms with van der Waals surface area (Å²) >= 11 is 0. The first-order chi connectivity index (χ1) is 11.8. The minimum absolute atomic E-state index is 0. The van der Waals surface area contributed by atoms with Crippen molar-refractivity contribution >= 4 is 35.6 Å². The molecule has 0 radical (unpaired) electrons. The number of benzene rings is 1. The fraction of sp³-hybridized carbons (Fsp3) is 0.562. The summed E-state index contributed by atoms with van der Waals surface area (Å²) in [7, 11) is 1.43. The van der Waals surface area contributed by atoms with Crippen molar-refractivity contribution in [3.05, 3.63) is 18.2 Å². The maximum Gasteiger partial charge on any atom is 0.401 e. The third-order valence-corrected chi connectivity index (χ3v) is 3.45. The predicted molar refractivity (Wildman–Crippen MR) is 106 cm³/mol. The van der Waals surface area contributed by atoms with E-state index in [9.17, 15) is 13.2 Å². The van der Waals surface area contributed by atoms with E-state index in [1.165, 1.54) is 11.9 Å². The molecule has 148 valence electrons. The monoisotopic (exact) mass is 488 g/mol. The molecule has 1 aromatic rings. The highest BCUT2D eigenvalue weighted by Gasteiger charge is 2.28. The number of hydrogen-bond donors (Lipinski definition) is 2. The number of fused-ring (bicyclic) bond motifs is 1. The molecule has 6 nitrogen and oxygen atoms in total. The normalized spacial score (nSPS) is 14.6. The Morgan fingerprint density at radius 3 is 2.65 bits per heavy atom. The van der Waals surface area contributed by atoms with E-state index in [2.05, 4.69) is 10.3 Å². The second-order valence-corrected chi connectivity index (χ2v) is 5.81. The summed E-state index contributed by atoms with van der Waals surface area (Å²) in [4.78, 5) is 5.33. The Labute approximate surface area is 167 Å². The number of anilines is 1. The van der Waals surface area contributed by atoms with Crippen LogP contribution in [0, 0.1) is 0 Å². The summed E-state index contributed by atoms with van der Waals surface area (Å²) in [5.74, 6) is 1.53. The summed E-state index contributed by atoms with van der Waals surface area (Å²) < 4.78 is 47.8. The fourth-order valence-corrected chi connectivity index (χ4v) is 2.35. The molecule has 0 aliphatic carbocycles. The van der Waals surface area contributed by atoms with E-state index >= 15 is 0 Å². The average Bonchev–Trinajstić information content (AvgIpc) is 2.74. The van der Waals surface area contributed by atoms with Crippen LogP contribution < -0.4 is 20.5 Å². The van der Waals surface area contributed by atoms with Gasteiger partial charge in [-0.15, -0.1) is 24.0 Å². The van der Waals surface area contributed by atoms with Gasteiger partial charge in [0, 0.05) is 24.7 Å². The summed E-state index contributed by atoms with van der Waals surface area (Å²) in [5, 5.41) is 2.94. The van der Waals surface area contributed by atoms with Gasteiger partial charge in [0.2, 0.25) is 0 Å². The molecule has 0 bridgehead atoms. The van der Waals surface area contributed by atoms with E-state index in [1.807, 2.05) is 0 Å². The minimum atomic E-state index is -4.18. The lowest BCUT2D eigenvalue weighted by Gasteiger charge is -2.17. The lowest BCUT2D eigenvalue weighted by Crippen LogP contribution is -2.32. The van der Waals surface area contributed by atoms with Gasteiger partial charge in [-0.05, 0) is 32.1 Å². The van der Waals surface area contributed by atoms with Crippen molar-refractivity contribution in [2.75, 3.05) is 45.2 Å². The van der Waals surface area contributed by atoms with Gasteiger partial charge in [0.1, 0.15) is 0 Å². The summed E-state index contributed by atoms with van der Waals surface area (Å²) in [6.07, 6.45) is -2.88. The molecular formula is C16H24F3IN4O2. The SMILES string of the molecule is CN(CCCN=C(N)Nc1ccc2c(c1)OCCCO2)CC(F)(F)F.I. The Bertz CT molecular complexity index is 599. The Morgan fingerprint density at radius 1 is 1.27 bits per heavy atom. The number of aliphatic imine (C=N–C) groups is 1. The van der Waals surface area contributed by atoms with Crippen LogP contribution in [-0.4, -0.2) is 56.9 Å². The summed E-state index contributed by atoms with van der Waals surface area (Å²) in [5.41, 5.74) is 6.51. The molecule has 0 saturated carbocycles. The maximum absolute atomic E-state index is 12.2. The van der Waals surface area contributed by atoms with Crippen molar-refractivity contribution < 1.29 is 22.6 Å². The first-order valence-electron chi connectivity index (χ1n) is 8.05. The average molecular weight is 488 g/mol. The van der Waals surface area contributed by atoms with Crippen LogP contribution in [0.3, 0.4) is 0 Å². The topological polar surface area (TPSA) is 72.1 Å². The van der Waals surface area contributed by atoms with Gasteiger partial charge in [-0.25, -0.2) is 0 Å². The quantitative estimate of drug-likeness (QED) is 0.279. The lowest BCUT2D eigenvalue weighted by atomic mass is 10.3. The zero-order valence-electron chi connectivity index (χ0n) is 14.5. The number of hydrogen-bond acceptors (Lipinski definition) is 4. The Balaban J connectivity index is 0.00000338. The summed E-state index contributed by atoms with van der Waals surface area (Å²) in [6, 6.07) is 5.37. The molecule has 2 rings (SSSR count). The van der Waals surface area contributed by atoms with Gasteiger partial charge in [-0.3, -0.25) is 9.89 Å². The van der Waals surface area contributed by atoms with Crippen LogP contribution in [0.25, 0.3) is 0 Å². The van der Waals surface area contributed by atoms with Crippen molar-refractivity contribution in [1.82, 2.24) is 4.90 Å². The molecule has 1 aliphatic rings. The summed E-state index contributed by atoms with van der Waals surface area (Å²) in [6.45, 7) is 0.908. The van der Waals surface area contributed by atoms with Crippen molar-refractivity contribution in [1.29, 1.82) is 0 Å². The van der Waals surface area contributed by atoms with Crippen molar-refractivity contribution in [3.8, 4) is 11.5 Å². The molecule has 0 amide bonds. The number of ether oxygens (including phenoxy) is 2. The van der Waals surface area contributed by atoms with Crippen LogP contribution in [0.5, 0.6) is 11.5 Å². The van der Waals surface area contributed by atoms with Gasteiger partial charge in [-0.1, -0.05) is 0 Å². The van der Waals surface area contributed by atoms with Gasteiger partial charge in [0.05, 0.1) is 19.8 Å². The number of nitrogens with one attached hydrogen (secondary N) is 1. The highest BCUT2D eigenvalue weighted by molar-refractivity contribution is 14.0. The molecule has 0 aromatic heterocycles. The molecule has 3 N–H and O–H groups in total. The van der Waals surface area contributed by atoms with Gasteiger partial charge >= 0.3 is 6.18 Å². The number of alkyl halides is 3. The number of nitrogens with two attached hydrogens (primary N) is 1. The zero-order valence-corrected chi connectivity index (χ0v) is 16.8. The molecule has 0 saturated heterocycles. The molecule has 26 heavy (non-hydrogen) atoms. The minimum Gasteiger partial charge on any atom is -0.490 e. The predicted octanol–water partition coefficient (Wildman–Crippen LogP) is 3.08. The largest absolute Gasteiger partial charge is 0.490 e. The second-order valence-electron chi connectivity index (χ2n) is 5.81. The third-order valence-electron chi connectivity index (χ3n) is 3.45. The fourth-order valence-electron chi connectivity index (χ4n) is 2.35. The molecule has 0 atom stereocenters. The van der Waals surface area contributed by atoms with E-state index in [1.54, 1.807) is 18.2 Å². The van der Waals surface area contributed by atoms with E-state index < -0.39 is 12.7 Å². The smallest absolute Gasteiger partial charge is 0.401 e. The van der Waals surface area contributed by atoms with E-state index in [-0.39, 0.29) is 29.9 Å². The Hall–Kier alpha value is -1.43. The number of halogens is 4. The molecule has 0 unspecified atom stereocenters. The van der Waals surface area contributed by atoms with E-state index in [0.717, 1.165) is 6.42 Å². The molecular weight excluding hydrogens is 464 g/mol. The number of nitrogens with zero attached hydrogens (tertiary/aromatic N) is 2. The van der Waals surface area contributed by atoms with Gasteiger partial charge in [-0.2, -0.15) is 13.2 Å². The third kappa shape index (κ3) is 8.30. The van der Waals surface area contributed by atoms with Crippen LogP contribution >= 0.6 is 24.0 Å². The molecule has 0 fully saturated rings. The van der Waals surface area contributed by atoms with Crippen LogP contribution in [0.1, 0.15) is 12.8 Å². The maximum atomic E-state index is 12.2. The molecule has 1 aliphatic heterocycles. The zero-order chi connectivity index (χ0) is 18.3. The van der Waals surface area contributed by atoms with Crippen molar-refractivity contribution in [2.24, 2.45) is 10.7 Å². The first kappa shape index (κ1) is 22.6. The molecule has 0 spiro atoms. The van der Waals surface area contributed by atoms with Crippen LogP contribution in [0.15, 0.2) is 23.2 Å². The Kier molecular flexibility index (Phi) is 9.27. The van der Waals surface area contributed by atoms with Gasteiger partial charge in [0.25, 0.3) is 0 Å². The highest BCUT2D eigenvalue weighted by Crippen LogP contribution is 2.32. The highest BCUT2D eigenvalue weighted by atomic mass is 127. The molecule has 1 heterocycles. The molecule has 1 aromatic carbocycles. The van der Waals surface area contributed by atoms with Crippen molar-refractivity contribution in [3.63, 3.8) is 0 Å². The van der Waals surface area contributed by atoms with Crippen LogP contribution in [0.4, 0.5) is 18.9 Å².